The zero-order chi connectivity index (χ0) is 25.0. The summed E-state index contributed by atoms with van der Waals surface area (Å²) in [5.41, 5.74) is 5.67. The number of ether oxygens (including phenoxy) is 1. The zero-order valence-electron chi connectivity index (χ0n) is 20.5. The largest absolute Gasteiger partial charge is 0.459 e. The second-order valence-corrected chi connectivity index (χ2v) is 8.92. The minimum Gasteiger partial charge on any atom is -0.459 e. The third kappa shape index (κ3) is 5.56. The fraction of sp³-hybridized carbons (Fsp3) is 0.346. The Morgan fingerprint density at radius 1 is 1.09 bits per heavy atom. The number of nitrogens with zero attached hydrogens (tertiary/aromatic N) is 1. The van der Waals surface area contributed by atoms with E-state index in [4.69, 9.17) is 17.0 Å². The average molecular weight is 481 g/mol. The van der Waals surface area contributed by atoms with Crippen molar-refractivity contribution in [3.05, 3.63) is 70.4 Å². The van der Waals surface area contributed by atoms with Gasteiger partial charge < -0.3 is 25.6 Å². The molecule has 0 radical (unpaired) electrons. The number of carbonyl (C=O) groups excluding carboxylic acids is 2. The van der Waals surface area contributed by atoms with E-state index in [0.717, 1.165) is 28.1 Å². The van der Waals surface area contributed by atoms with Crippen LogP contribution in [0.5, 0.6) is 0 Å². The molecule has 0 saturated heterocycles. The molecule has 34 heavy (non-hydrogen) atoms. The van der Waals surface area contributed by atoms with Gasteiger partial charge in [-0.2, -0.15) is 0 Å². The molecule has 1 aliphatic rings. The van der Waals surface area contributed by atoms with Crippen molar-refractivity contribution in [1.29, 1.82) is 0 Å². The lowest BCUT2D eigenvalue weighted by atomic mass is 9.94. The van der Waals surface area contributed by atoms with E-state index in [0.29, 0.717) is 22.9 Å². The van der Waals surface area contributed by atoms with E-state index in [9.17, 15) is 9.59 Å². The van der Waals surface area contributed by atoms with Gasteiger partial charge in [-0.3, -0.25) is 0 Å². The van der Waals surface area contributed by atoms with Crippen LogP contribution in [-0.4, -0.2) is 34.7 Å². The molecule has 2 aromatic rings. The van der Waals surface area contributed by atoms with Gasteiger partial charge in [0.1, 0.15) is 0 Å². The molecule has 0 spiro atoms. The Hall–Kier alpha value is -3.39. The Balaban J connectivity index is 1.80. The van der Waals surface area contributed by atoms with E-state index in [1.165, 1.54) is 0 Å². The highest BCUT2D eigenvalue weighted by Crippen LogP contribution is 2.32. The van der Waals surface area contributed by atoms with Crippen LogP contribution in [0, 0.1) is 13.8 Å². The highest BCUT2D eigenvalue weighted by molar-refractivity contribution is 7.80. The van der Waals surface area contributed by atoms with E-state index < -0.39 is 6.04 Å². The number of aryl methyl sites for hydroxylation is 1. The Kier molecular flexibility index (Phi) is 7.94. The number of amides is 2. The molecule has 8 heteroatoms. The summed E-state index contributed by atoms with van der Waals surface area (Å²) in [5.74, 6) is -0.374. The van der Waals surface area contributed by atoms with Crippen LogP contribution < -0.4 is 16.0 Å². The smallest absolute Gasteiger partial charge is 0.338 e. The van der Waals surface area contributed by atoms with Crippen LogP contribution in [0.1, 0.15) is 50.4 Å². The van der Waals surface area contributed by atoms with Gasteiger partial charge in [-0.25, -0.2) is 9.59 Å². The van der Waals surface area contributed by atoms with Crippen LogP contribution in [0.4, 0.5) is 16.2 Å². The van der Waals surface area contributed by atoms with E-state index in [-0.39, 0.29) is 18.1 Å². The van der Waals surface area contributed by atoms with Gasteiger partial charge in [0.25, 0.3) is 0 Å². The summed E-state index contributed by atoms with van der Waals surface area (Å²) in [4.78, 5) is 27.3. The van der Waals surface area contributed by atoms with Gasteiger partial charge in [0.15, 0.2) is 5.11 Å². The van der Waals surface area contributed by atoms with E-state index >= 15 is 0 Å². The molecule has 1 unspecified atom stereocenters. The quantitative estimate of drug-likeness (QED) is 0.378. The van der Waals surface area contributed by atoms with Crippen molar-refractivity contribution in [3.63, 3.8) is 0 Å². The van der Waals surface area contributed by atoms with Crippen LogP contribution >= 0.6 is 12.2 Å². The number of carbonyl (C=O) groups is 2. The lowest BCUT2D eigenvalue weighted by Gasteiger charge is -2.37. The molecule has 0 aromatic heterocycles. The monoisotopic (exact) mass is 480 g/mol. The zero-order valence-corrected chi connectivity index (χ0v) is 21.3. The molecule has 1 aliphatic heterocycles. The highest BCUT2D eigenvalue weighted by Gasteiger charge is 2.34. The predicted molar refractivity (Wildman–Crippen MR) is 140 cm³/mol. The van der Waals surface area contributed by atoms with Gasteiger partial charge in [-0.15, -0.1) is 0 Å². The molecule has 7 nitrogen and oxygen atoms in total. The topological polar surface area (TPSA) is 82.7 Å². The highest BCUT2D eigenvalue weighted by atomic mass is 32.1. The normalized spacial score (nSPS) is 15.8. The third-order valence-corrected chi connectivity index (χ3v) is 6.17. The number of hydrogen-bond acceptors (Lipinski definition) is 4. The lowest BCUT2D eigenvalue weighted by Crippen LogP contribution is -2.47. The number of esters is 1. The van der Waals surface area contributed by atoms with Gasteiger partial charge in [0.05, 0.1) is 17.7 Å². The van der Waals surface area contributed by atoms with Crippen LogP contribution in [0.3, 0.4) is 0 Å². The third-order valence-electron chi connectivity index (χ3n) is 5.83. The number of thiocarbonyl (C=S) groups is 1. The molecule has 1 atom stereocenters. The van der Waals surface area contributed by atoms with E-state index in [1.54, 1.807) is 12.1 Å². The van der Waals surface area contributed by atoms with Crippen molar-refractivity contribution in [3.8, 4) is 0 Å². The molecule has 1 heterocycles. The van der Waals surface area contributed by atoms with Crippen LogP contribution in [-0.2, 0) is 9.53 Å². The first kappa shape index (κ1) is 25.2. The van der Waals surface area contributed by atoms with Crippen molar-refractivity contribution < 1.29 is 14.3 Å². The van der Waals surface area contributed by atoms with E-state index in [2.05, 4.69) is 16.0 Å². The molecule has 0 bridgehead atoms. The maximum absolute atomic E-state index is 13.0. The van der Waals surface area contributed by atoms with E-state index in [1.807, 2.05) is 76.8 Å². The molecular weight excluding hydrogens is 448 g/mol. The molecule has 3 N–H and O–H groups in total. The second kappa shape index (κ2) is 10.7. The van der Waals surface area contributed by atoms with Gasteiger partial charge in [-0.05, 0) is 88.6 Å². The summed E-state index contributed by atoms with van der Waals surface area (Å²) in [6.07, 6.45) is -0.237. The molecule has 2 aromatic carbocycles. The van der Waals surface area contributed by atoms with Crippen LogP contribution in [0.2, 0.25) is 0 Å². The minimum absolute atomic E-state index is 0.237. The first-order valence-corrected chi connectivity index (χ1v) is 11.8. The number of allylic oxidation sites excluding steroid dienone is 1. The molecule has 0 fully saturated rings. The summed E-state index contributed by atoms with van der Waals surface area (Å²) < 4.78 is 5.52. The Labute approximate surface area is 206 Å². The van der Waals surface area contributed by atoms with Crippen LogP contribution in [0.15, 0.2) is 53.7 Å². The summed E-state index contributed by atoms with van der Waals surface area (Å²) in [7, 11) is 0. The first-order valence-electron chi connectivity index (χ1n) is 11.4. The molecule has 3 rings (SSSR count). The molecule has 0 aliphatic carbocycles. The van der Waals surface area contributed by atoms with Gasteiger partial charge in [-0.1, -0.05) is 24.3 Å². The predicted octanol–water partition coefficient (Wildman–Crippen LogP) is 5.42. The summed E-state index contributed by atoms with van der Waals surface area (Å²) in [6.45, 7) is 12.1. The summed E-state index contributed by atoms with van der Waals surface area (Å²) in [5, 5.41) is 9.57. The maximum Gasteiger partial charge on any atom is 0.338 e. The summed E-state index contributed by atoms with van der Waals surface area (Å²) >= 11 is 5.54. The standard InChI is InChI=1S/C26H32N4O3S/c1-7-30-18(6)22(24(31)33-15(2)3)23(29-26(30)34)19-11-13-20(14-12-19)27-25(32)28-21-10-8-9-16(4)17(21)5/h8-15,23H,7H2,1-6H3,(H,29,34)(H2,27,28,32). The van der Waals surface area contributed by atoms with Crippen molar-refractivity contribution in [2.24, 2.45) is 0 Å². The van der Waals surface area contributed by atoms with Crippen molar-refractivity contribution >= 4 is 40.7 Å². The average Bonchev–Trinajstić information content (AvgIpc) is 2.76. The lowest BCUT2D eigenvalue weighted by molar-refractivity contribution is -0.143. The van der Waals surface area contributed by atoms with Gasteiger partial charge in [0.2, 0.25) is 0 Å². The Morgan fingerprint density at radius 3 is 2.38 bits per heavy atom. The van der Waals surface area contributed by atoms with Crippen molar-refractivity contribution in [2.75, 3.05) is 17.2 Å². The fourth-order valence-electron chi connectivity index (χ4n) is 3.88. The maximum atomic E-state index is 13.0. The number of urea groups is 1. The Morgan fingerprint density at radius 2 is 1.76 bits per heavy atom. The molecule has 0 saturated carbocycles. The van der Waals surface area contributed by atoms with Gasteiger partial charge >= 0.3 is 12.0 Å². The SMILES string of the molecule is CCN1C(=S)NC(c2ccc(NC(=O)Nc3cccc(C)c3C)cc2)C(C(=O)OC(C)C)=C1C. The fourth-order valence-corrected chi connectivity index (χ4v) is 4.27. The summed E-state index contributed by atoms with van der Waals surface area (Å²) in [6, 6.07) is 12.3. The molecule has 180 valence electrons. The first-order chi connectivity index (χ1) is 16.1. The molecule has 2 amide bonds. The Bertz CT molecular complexity index is 1130. The number of hydrogen-bond donors (Lipinski definition) is 3. The number of nitrogens with one attached hydrogen (secondary N) is 3. The van der Waals surface area contributed by atoms with Gasteiger partial charge in [0, 0.05) is 23.6 Å². The van der Waals surface area contributed by atoms with Crippen molar-refractivity contribution in [1.82, 2.24) is 10.2 Å². The minimum atomic E-state index is -0.445. The second-order valence-electron chi connectivity index (χ2n) is 8.53. The number of anilines is 2. The van der Waals surface area contributed by atoms with Crippen molar-refractivity contribution in [2.45, 2.75) is 53.7 Å². The molecular formula is C26H32N4O3S. The van der Waals surface area contributed by atoms with Crippen LogP contribution in [0.25, 0.3) is 0 Å². The number of benzene rings is 2. The number of rotatable bonds is 6.